The van der Waals surface area contributed by atoms with E-state index >= 15 is 0 Å². The fourth-order valence-corrected chi connectivity index (χ4v) is 1.78. The van der Waals surface area contributed by atoms with Crippen molar-refractivity contribution in [3.05, 3.63) is 11.3 Å². The number of nitrogens with one attached hydrogen (secondary N) is 2. The first-order valence-electron chi connectivity index (χ1n) is 5.40. The molecule has 16 heavy (non-hydrogen) atoms. The van der Waals surface area contributed by atoms with Gasteiger partial charge >= 0.3 is 0 Å². The van der Waals surface area contributed by atoms with Crippen LogP contribution in [0.4, 0.5) is 11.8 Å². The SMILES string of the molecule is COCCNc1nc(N)nc2c1CNCC2. The minimum Gasteiger partial charge on any atom is -0.383 e. The Hall–Kier alpha value is -1.40. The van der Waals surface area contributed by atoms with Crippen LogP contribution in [0.15, 0.2) is 0 Å². The van der Waals surface area contributed by atoms with Crippen molar-refractivity contribution in [2.75, 3.05) is 37.9 Å². The van der Waals surface area contributed by atoms with E-state index in [2.05, 4.69) is 20.6 Å². The molecule has 1 aromatic heterocycles. The van der Waals surface area contributed by atoms with Gasteiger partial charge in [0, 0.05) is 38.7 Å². The van der Waals surface area contributed by atoms with E-state index in [1.165, 1.54) is 0 Å². The van der Waals surface area contributed by atoms with Crippen LogP contribution in [0.1, 0.15) is 11.3 Å². The smallest absolute Gasteiger partial charge is 0.222 e. The third kappa shape index (κ3) is 2.40. The van der Waals surface area contributed by atoms with Gasteiger partial charge in [-0.05, 0) is 0 Å². The number of ether oxygens (including phenoxy) is 1. The highest BCUT2D eigenvalue weighted by Gasteiger charge is 2.16. The zero-order valence-electron chi connectivity index (χ0n) is 9.42. The molecule has 0 radical (unpaired) electrons. The summed E-state index contributed by atoms with van der Waals surface area (Å²) in [5.41, 5.74) is 7.84. The van der Waals surface area contributed by atoms with Gasteiger partial charge in [0.05, 0.1) is 12.3 Å². The summed E-state index contributed by atoms with van der Waals surface area (Å²) in [5.74, 6) is 1.16. The average Bonchev–Trinajstić information content (AvgIpc) is 2.29. The van der Waals surface area contributed by atoms with E-state index in [0.29, 0.717) is 12.6 Å². The van der Waals surface area contributed by atoms with Crippen molar-refractivity contribution in [2.45, 2.75) is 13.0 Å². The second-order valence-corrected chi connectivity index (χ2v) is 3.70. The van der Waals surface area contributed by atoms with E-state index in [1.54, 1.807) is 7.11 Å². The van der Waals surface area contributed by atoms with Gasteiger partial charge in [0.2, 0.25) is 5.95 Å². The van der Waals surface area contributed by atoms with E-state index in [9.17, 15) is 0 Å². The van der Waals surface area contributed by atoms with Crippen LogP contribution in [-0.4, -0.2) is 36.8 Å². The minimum absolute atomic E-state index is 0.334. The lowest BCUT2D eigenvalue weighted by Gasteiger charge is -2.19. The third-order valence-corrected chi connectivity index (χ3v) is 2.55. The molecule has 6 nitrogen and oxygen atoms in total. The molecular weight excluding hydrogens is 206 g/mol. The van der Waals surface area contributed by atoms with Crippen LogP contribution in [-0.2, 0) is 17.7 Å². The lowest BCUT2D eigenvalue weighted by atomic mass is 10.1. The molecule has 0 saturated carbocycles. The van der Waals surface area contributed by atoms with Crippen molar-refractivity contribution in [3.63, 3.8) is 0 Å². The molecule has 1 aromatic rings. The van der Waals surface area contributed by atoms with Crippen LogP contribution < -0.4 is 16.4 Å². The van der Waals surface area contributed by atoms with Crippen molar-refractivity contribution in [1.82, 2.24) is 15.3 Å². The lowest BCUT2D eigenvalue weighted by molar-refractivity contribution is 0.210. The number of hydrogen-bond donors (Lipinski definition) is 3. The maximum absolute atomic E-state index is 5.67. The predicted molar refractivity (Wildman–Crippen MR) is 62.2 cm³/mol. The fraction of sp³-hybridized carbons (Fsp3) is 0.600. The molecule has 1 aliphatic heterocycles. The van der Waals surface area contributed by atoms with Crippen LogP contribution in [0.25, 0.3) is 0 Å². The number of nitrogens with two attached hydrogens (primary N) is 1. The van der Waals surface area contributed by atoms with Gasteiger partial charge < -0.3 is 21.1 Å². The summed E-state index contributed by atoms with van der Waals surface area (Å²) in [6.07, 6.45) is 0.904. The molecule has 4 N–H and O–H groups in total. The topological polar surface area (TPSA) is 85.1 Å². The Kier molecular flexibility index (Phi) is 3.53. The van der Waals surface area contributed by atoms with Crippen molar-refractivity contribution in [3.8, 4) is 0 Å². The highest BCUT2D eigenvalue weighted by atomic mass is 16.5. The summed E-state index contributed by atoms with van der Waals surface area (Å²) >= 11 is 0. The van der Waals surface area contributed by atoms with Gasteiger partial charge in [0.1, 0.15) is 5.82 Å². The molecule has 1 aliphatic rings. The van der Waals surface area contributed by atoms with Crippen LogP contribution in [0, 0.1) is 0 Å². The van der Waals surface area contributed by atoms with Crippen molar-refractivity contribution < 1.29 is 4.74 Å². The molecule has 6 heteroatoms. The quantitative estimate of drug-likeness (QED) is 0.611. The summed E-state index contributed by atoms with van der Waals surface area (Å²) in [7, 11) is 1.67. The Bertz CT molecular complexity index is 368. The zero-order chi connectivity index (χ0) is 11.4. The van der Waals surface area contributed by atoms with E-state index in [0.717, 1.165) is 43.1 Å². The van der Waals surface area contributed by atoms with E-state index in [-0.39, 0.29) is 0 Å². The summed E-state index contributed by atoms with van der Waals surface area (Å²) in [6.45, 7) is 3.11. The minimum atomic E-state index is 0.334. The van der Waals surface area contributed by atoms with E-state index < -0.39 is 0 Å². The Labute approximate surface area is 94.6 Å². The fourth-order valence-electron chi connectivity index (χ4n) is 1.78. The summed E-state index contributed by atoms with van der Waals surface area (Å²) < 4.78 is 4.99. The number of anilines is 2. The number of aromatic nitrogens is 2. The predicted octanol–water partition coefficient (Wildman–Crippen LogP) is -0.237. The van der Waals surface area contributed by atoms with Crippen molar-refractivity contribution >= 4 is 11.8 Å². The number of fused-ring (bicyclic) bond motifs is 1. The number of hydrogen-bond acceptors (Lipinski definition) is 6. The van der Waals surface area contributed by atoms with Gasteiger partial charge in [0.15, 0.2) is 0 Å². The number of nitrogens with zero attached hydrogens (tertiary/aromatic N) is 2. The maximum Gasteiger partial charge on any atom is 0.222 e. The molecule has 0 bridgehead atoms. The molecular formula is C10H17N5O. The summed E-state index contributed by atoms with van der Waals surface area (Å²) in [6, 6.07) is 0. The molecule has 0 amide bonds. The van der Waals surface area contributed by atoms with E-state index in [1.807, 2.05) is 0 Å². The highest BCUT2D eigenvalue weighted by molar-refractivity contribution is 5.50. The molecule has 2 rings (SSSR count). The zero-order valence-corrected chi connectivity index (χ0v) is 9.42. The largest absolute Gasteiger partial charge is 0.383 e. The van der Waals surface area contributed by atoms with Crippen LogP contribution in [0.3, 0.4) is 0 Å². The first-order chi connectivity index (χ1) is 7.81. The Morgan fingerprint density at radius 1 is 1.50 bits per heavy atom. The monoisotopic (exact) mass is 223 g/mol. The van der Waals surface area contributed by atoms with Gasteiger partial charge in [-0.2, -0.15) is 4.98 Å². The number of rotatable bonds is 4. The van der Waals surface area contributed by atoms with Gasteiger partial charge in [-0.25, -0.2) is 4.98 Å². The molecule has 0 atom stereocenters. The normalized spacial score (nSPS) is 14.6. The van der Waals surface area contributed by atoms with Crippen molar-refractivity contribution in [1.29, 1.82) is 0 Å². The molecule has 0 aromatic carbocycles. The summed E-state index contributed by atoms with van der Waals surface area (Å²) in [4.78, 5) is 8.48. The molecule has 88 valence electrons. The first-order valence-corrected chi connectivity index (χ1v) is 5.40. The standard InChI is InChI=1S/C10H17N5O/c1-16-5-4-13-9-7-6-12-3-2-8(7)14-10(11)15-9/h12H,2-6H2,1H3,(H3,11,13,14,15). The molecule has 2 heterocycles. The highest BCUT2D eigenvalue weighted by Crippen LogP contribution is 2.20. The number of methoxy groups -OCH3 is 1. The second kappa shape index (κ2) is 5.09. The van der Waals surface area contributed by atoms with Gasteiger partial charge in [-0.15, -0.1) is 0 Å². The Balaban J connectivity index is 2.18. The van der Waals surface area contributed by atoms with Crippen LogP contribution in [0.2, 0.25) is 0 Å². The maximum atomic E-state index is 5.67. The van der Waals surface area contributed by atoms with E-state index in [4.69, 9.17) is 10.5 Å². The van der Waals surface area contributed by atoms with Crippen molar-refractivity contribution in [2.24, 2.45) is 0 Å². The molecule has 0 fully saturated rings. The third-order valence-electron chi connectivity index (χ3n) is 2.55. The molecule has 0 saturated heterocycles. The van der Waals surface area contributed by atoms with Crippen LogP contribution in [0.5, 0.6) is 0 Å². The van der Waals surface area contributed by atoms with Crippen LogP contribution >= 0.6 is 0 Å². The summed E-state index contributed by atoms with van der Waals surface area (Å²) in [5, 5.41) is 6.52. The van der Waals surface area contributed by atoms with Gasteiger partial charge in [0.25, 0.3) is 0 Å². The average molecular weight is 223 g/mol. The molecule has 0 aliphatic carbocycles. The number of nitrogen functional groups attached to an aromatic ring is 1. The Morgan fingerprint density at radius 3 is 3.19 bits per heavy atom. The molecule has 0 spiro atoms. The molecule has 0 unspecified atom stereocenters. The first kappa shape index (κ1) is 11.1. The Morgan fingerprint density at radius 2 is 2.38 bits per heavy atom. The van der Waals surface area contributed by atoms with Gasteiger partial charge in [-0.3, -0.25) is 0 Å². The lowest BCUT2D eigenvalue weighted by Crippen LogP contribution is -2.27. The second-order valence-electron chi connectivity index (χ2n) is 3.70. The van der Waals surface area contributed by atoms with Gasteiger partial charge in [-0.1, -0.05) is 0 Å².